The van der Waals surface area contributed by atoms with E-state index in [9.17, 15) is 0 Å². The van der Waals surface area contributed by atoms with Crippen molar-refractivity contribution in [2.45, 2.75) is 12.8 Å². The maximum absolute atomic E-state index is 8.73. The Labute approximate surface area is 113 Å². The fourth-order valence-corrected chi connectivity index (χ4v) is 1.80. The highest BCUT2D eigenvalue weighted by atomic mass is 79.9. The minimum absolute atomic E-state index is 0.00902. The highest BCUT2D eigenvalue weighted by Crippen LogP contribution is 2.23. The predicted molar refractivity (Wildman–Crippen MR) is 68.4 cm³/mol. The van der Waals surface area contributed by atoms with Crippen LogP contribution < -0.4 is 4.74 Å². The molecule has 2 rings (SSSR count). The van der Waals surface area contributed by atoms with E-state index in [2.05, 4.69) is 26.1 Å². The van der Waals surface area contributed by atoms with Gasteiger partial charge in [0.1, 0.15) is 5.75 Å². The third-order valence-electron chi connectivity index (χ3n) is 2.24. The minimum atomic E-state index is 0.00902. The quantitative estimate of drug-likeness (QED) is 0.883. The van der Waals surface area contributed by atoms with Crippen molar-refractivity contribution >= 4 is 15.9 Å². The van der Waals surface area contributed by atoms with Crippen molar-refractivity contribution in [1.82, 2.24) is 10.2 Å². The zero-order chi connectivity index (χ0) is 12.8. The Morgan fingerprint density at radius 2 is 1.89 bits per heavy atom. The van der Waals surface area contributed by atoms with Crippen molar-refractivity contribution < 1.29 is 14.3 Å². The van der Waals surface area contributed by atoms with Crippen LogP contribution in [0.5, 0.6) is 5.75 Å². The maximum atomic E-state index is 8.73. The first-order chi connectivity index (χ1) is 8.79. The number of nitrogens with zero attached hydrogens (tertiary/aromatic N) is 2. The van der Waals surface area contributed by atoms with Gasteiger partial charge in [-0.3, -0.25) is 0 Å². The molecule has 18 heavy (non-hydrogen) atoms. The number of aliphatic hydroxyl groups is 1. The molecule has 0 aliphatic heterocycles. The van der Waals surface area contributed by atoms with Crippen LogP contribution in [0.4, 0.5) is 0 Å². The van der Waals surface area contributed by atoms with Crippen molar-refractivity contribution in [1.29, 1.82) is 0 Å². The largest absolute Gasteiger partial charge is 0.492 e. The Hall–Kier alpha value is -1.40. The van der Waals surface area contributed by atoms with Crippen LogP contribution in [0.3, 0.4) is 0 Å². The maximum Gasteiger partial charge on any atom is 0.219 e. The lowest BCUT2D eigenvalue weighted by Crippen LogP contribution is -2.02. The number of benzene rings is 1. The monoisotopic (exact) mass is 312 g/mol. The lowest BCUT2D eigenvalue weighted by molar-refractivity contribution is 0.277. The van der Waals surface area contributed by atoms with Gasteiger partial charge in [0.05, 0.1) is 24.1 Å². The molecular formula is C12H13BrN2O3. The number of para-hydroxylation sites is 1. The summed E-state index contributed by atoms with van der Waals surface area (Å²) in [5.74, 6) is 1.76. The third-order valence-corrected chi connectivity index (χ3v) is 2.90. The van der Waals surface area contributed by atoms with Gasteiger partial charge in [-0.1, -0.05) is 12.1 Å². The predicted octanol–water partition coefficient (Wildman–Crippen LogP) is 1.99. The second-order valence-corrected chi connectivity index (χ2v) is 4.45. The van der Waals surface area contributed by atoms with Crippen LogP contribution in [0, 0.1) is 0 Å². The summed E-state index contributed by atoms with van der Waals surface area (Å²) >= 11 is 3.40. The third kappa shape index (κ3) is 3.54. The smallest absolute Gasteiger partial charge is 0.219 e. The second kappa shape index (κ2) is 6.51. The summed E-state index contributed by atoms with van der Waals surface area (Å²) in [5.41, 5.74) is 0. The first-order valence-corrected chi connectivity index (χ1v) is 6.38. The van der Waals surface area contributed by atoms with Crippen LogP contribution in [-0.4, -0.2) is 28.5 Å². The molecule has 0 unspecified atom stereocenters. The average molecular weight is 313 g/mol. The lowest BCUT2D eigenvalue weighted by atomic mass is 10.3. The fourth-order valence-electron chi connectivity index (χ4n) is 1.40. The second-order valence-electron chi connectivity index (χ2n) is 3.59. The zero-order valence-electron chi connectivity index (χ0n) is 9.67. The topological polar surface area (TPSA) is 68.4 Å². The number of aliphatic hydroxyl groups excluding tert-OH is 1. The van der Waals surface area contributed by atoms with Gasteiger partial charge >= 0.3 is 0 Å². The summed E-state index contributed by atoms with van der Waals surface area (Å²) in [4.78, 5) is 0. The Balaban J connectivity index is 1.83. The zero-order valence-corrected chi connectivity index (χ0v) is 11.3. The van der Waals surface area contributed by atoms with Gasteiger partial charge in [-0.2, -0.15) is 0 Å². The van der Waals surface area contributed by atoms with E-state index in [0.717, 1.165) is 10.2 Å². The van der Waals surface area contributed by atoms with Gasteiger partial charge in [0.25, 0.3) is 0 Å². The molecule has 1 aromatic carbocycles. The molecule has 1 heterocycles. The Bertz CT molecular complexity index is 502. The van der Waals surface area contributed by atoms with E-state index in [1.54, 1.807) is 0 Å². The van der Waals surface area contributed by atoms with E-state index in [4.69, 9.17) is 14.3 Å². The van der Waals surface area contributed by atoms with E-state index in [1.807, 2.05) is 24.3 Å². The van der Waals surface area contributed by atoms with Gasteiger partial charge < -0.3 is 14.3 Å². The molecule has 0 radical (unpaired) electrons. The first kappa shape index (κ1) is 13.0. The van der Waals surface area contributed by atoms with Crippen molar-refractivity contribution in [2.75, 3.05) is 13.2 Å². The lowest BCUT2D eigenvalue weighted by Gasteiger charge is -2.05. The van der Waals surface area contributed by atoms with Crippen LogP contribution in [-0.2, 0) is 12.8 Å². The summed E-state index contributed by atoms with van der Waals surface area (Å²) in [6.45, 7) is 0.471. The van der Waals surface area contributed by atoms with Crippen LogP contribution in [0.25, 0.3) is 0 Å². The first-order valence-electron chi connectivity index (χ1n) is 5.59. The molecule has 96 valence electrons. The standard InChI is InChI=1S/C12H13BrN2O3/c13-9-3-1-2-4-10(9)17-8-6-12-15-14-11(18-12)5-7-16/h1-4,16H,5-8H2. The van der Waals surface area contributed by atoms with Crippen molar-refractivity contribution in [3.63, 3.8) is 0 Å². The summed E-state index contributed by atoms with van der Waals surface area (Å²) in [6.07, 6.45) is 0.928. The van der Waals surface area contributed by atoms with Crippen molar-refractivity contribution in [3.8, 4) is 5.75 Å². The van der Waals surface area contributed by atoms with Gasteiger partial charge in [-0.25, -0.2) is 0 Å². The van der Waals surface area contributed by atoms with Gasteiger partial charge in [0.15, 0.2) is 0 Å². The number of halogens is 1. The Kier molecular flexibility index (Phi) is 4.72. The summed E-state index contributed by atoms with van der Waals surface area (Å²) in [7, 11) is 0. The Morgan fingerprint density at radius 1 is 1.17 bits per heavy atom. The molecule has 1 aromatic heterocycles. The van der Waals surface area contributed by atoms with Crippen LogP contribution in [0.15, 0.2) is 33.2 Å². The number of hydrogen-bond donors (Lipinski definition) is 1. The molecule has 2 aromatic rings. The number of ether oxygens (including phenoxy) is 1. The SMILES string of the molecule is OCCc1nnc(CCOc2ccccc2Br)o1. The Morgan fingerprint density at radius 3 is 2.61 bits per heavy atom. The molecule has 6 heteroatoms. The highest BCUT2D eigenvalue weighted by Gasteiger charge is 2.06. The summed E-state index contributed by atoms with van der Waals surface area (Å²) < 4.78 is 11.8. The number of aromatic nitrogens is 2. The van der Waals surface area contributed by atoms with E-state index >= 15 is 0 Å². The molecule has 0 atom stereocenters. The summed E-state index contributed by atoms with van der Waals surface area (Å²) in [6, 6.07) is 7.64. The number of hydrogen-bond acceptors (Lipinski definition) is 5. The fraction of sp³-hybridized carbons (Fsp3) is 0.333. The molecule has 0 amide bonds. The summed E-state index contributed by atoms with van der Waals surface area (Å²) in [5, 5.41) is 16.4. The van der Waals surface area contributed by atoms with Gasteiger partial charge in [-0.15, -0.1) is 10.2 Å². The van der Waals surface area contributed by atoms with Gasteiger partial charge in [-0.05, 0) is 28.1 Å². The van der Waals surface area contributed by atoms with E-state index in [-0.39, 0.29) is 6.61 Å². The molecule has 1 N–H and O–H groups in total. The molecule has 0 aliphatic carbocycles. The van der Waals surface area contributed by atoms with Crippen LogP contribution in [0.2, 0.25) is 0 Å². The normalized spacial score (nSPS) is 10.6. The highest BCUT2D eigenvalue weighted by molar-refractivity contribution is 9.10. The molecular weight excluding hydrogens is 300 g/mol. The molecule has 0 aliphatic rings. The molecule has 0 saturated heterocycles. The van der Waals surface area contributed by atoms with Crippen LogP contribution in [0.1, 0.15) is 11.8 Å². The van der Waals surface area contributed by atoms with E-state index in [0.29, 0.717) is 31.2 Å². The van der Waals surface area contributed by atoms with Crippen molar-refractivity contribution in [3.05, 3.63) is 40.5 Å². The molecule has 5 nitrogen and oxygen atoms in total. The molecule has 0 spiro atoms. The number of rotatable bonds is 6. The van der Waals surface area contributed by atoms with Crippen LogP contribution >= 0.6 is 15.9 Å². The minimum Gasteiger partial charge on any atom is -0.492 e. The van der Waals surface area contributed by atoms with E-state index < -0.39 is 0 Å². The molecule has 0 fully saturated rings. The molecule has 0 bridgehead atoms. The average Bonchev–Trinajstić information content (AvgIpc) is 2.80. The molecule has 0 saturated carbocycles. The van der Waals surface area contributed by atoms with Gasteiger partial charge in [0.2, 0.25) is 11.8 Å². The van der Waals surface area contributed by atoms with E-state index in [1.165, 1.54) is 0 Å². The van der Waals surface area contributed by atoms with Gasteiger partial charge in [0, 0.05) is 6.42 Å². The van der Waals surface area contributed by atoms with Crippen molar-refractivity contribution in [2.24, 2.45) is 0 Å².